The van der Waals surface area contributed by atoms with Gasteiger partial charge in [0.2, 0.25) is 0 Å². The van der Waals surface area contributed by atoms with Crippen molar-refractivity contribution in [3.63, 3.8) is 0 Å². The predicted octanol–water partition coefficient (Wildman–Crippen LogP) is 2.75. The molecule has 68 valence electrons. The SMILES string of the molecule is Cc1ccc(C=CC(=O)O)c(Cl)c1. The molecule has 0 spiro atoms. The van der Waals surface area contributed by atoms with Gasteiger partial charge in [-0.1, -0.05) is 23.7 Å². The van der Waals surface area contributed by atoms with Gasteiger partial charge in [-0.2, -0.15) is 0 Å². The first-order chi connectivity index (χ1) is 6.09. The number of carboxylic acid groups (broad SMARTS) is 1. The van der Waals surface area contributed by atoms with Crippen LogP contribution >= 0.6 is 11.6 Å². The van der Waals surface area contributed by atoms with Crippen LogP contribution in [-0.2, 0) is 4.79 Å². The third-order valence-electron chi connectivity index (χ3n) is 1.56. The van der Waals surface area contributed by atoms with Crippen LogP contribution in [0.25, 0.3) is 6.08 Å². The maximum atomic E-state index is 10.2. The number of aryl methyl sites for hydroxylation is 1. The summed E-state index contributed by atoms with van der Waals surface area (Å²) < 4.78 is 0. The van der Waals surface area contributed by atoms with E-state index in [-0.39, 0.29) is 0 Å². The Bertz CT molecular complexity index is 356. The molecule has 0 aromatic heterocycles. The summed E-state index contributed by atoms with van der Waals surface area (Å²) >= 11 is 5.87. The summed E-state index contributed by atoms with van der Waals surface area (Å²) in [6.07, 6.45) is 2.54. The quantitative estimate of drug-likeness (QED) is 0.739. The molecular weight excluding hydrogens is 188 g/mol. The van der Waals surface area contributed by atoms with Gasteiger partial charge >= 0.3 is 5.97 Å². The standard InChI is InChI=1S/C10H9ClO2/c1-7-2-3-8(9(11)6-7)4-5-10(12)13/h2-6H,1H3,(H,12,13). The molecule has 0 radical (unpaired) electrons. The minimum absolute atomic E-state index is 0.567. The molecule has 0 bridgehead atoms. The van der Waals surface area contributed by atoms with E-state index in [0.29, 0.717) is 5.02 Å². The second-order valence-corrected chi connectivity index (χ2v) is 3.10. The molecule has 1 aromatic carbocycles. The Morgan fingerprint density at radius 1 is 1.54 bits per heavy atom. The fourth-order valence-corrected chi connectivity index (χ4v) is 1.23. The highest BCUT2D eigenvalue weighted by Crippen LogP contribution is 2.18. The van der Waals surface area contributed by atoms with Crippen LogP contribution in [0.5, 0.6) is 0 Å². The van der Waals surface area contributed by atoms with Crippen molar-refractivity contribution in [3.05, 3.63) is 40.4 Å². The van der Waals surface area contributed by atoms with Gasteiger partial charge in [-0.05, 0) is 30.2 Å². The minimum Gasteiger partial charge on any atom is -0.478 e. The average Bonchev–Trinajstić information content (AvgIpc) is 2.02. The molecule has 0 saturated carbocycles. The van der Waals surface area contributed by atoms with Gasteiger partial charge in [0, 0.05) is 11.1 Å². The van der Waals surface area contributed by atoms with E-state index in [0.717, 1.165) is 17.2 Å². The van der Waals surface area contributed by atoms with Crippen molar-refractivity contribution in [2.24, 2.45) is 0 Å². The lowest BCUT2D eigenvalue weighted by Gasteiger charge is -1.98. The first-order valence-electron chi connectivity index (χ1n) is 3.77. The molecule has 0 heterocycles. The zero-order valence-corrected chi connectivity index (χ0v) is 7.88. The molecule has 2 nitrogen and oxygen atoms in total. The summed E-state index contributed by atoms with van der Waals surface area (Å²) in [6, 6.07) is 5.47. The fourth-order valence-electron chi connectivity index (χ4n) is 0.928. The van der Waals surface area contributed by atoms with Crippen LogP contribution in [0.1, 0.15) is 11.1 Å². The molecule has 3 heteroatoms. The molecule has 0 saturated heterocycles. The van der Waals surface area contributed by atoms with Crippen molar-refractivity contribution in [2.45, 2.75) is 6.92 Å². The highest BCUT2D eigenvalue weighted by molar-refractivity contribution is 6.32. The first kappa shape index (κ1) is 9.81. The molecule has 1 aromatic rings. The summed E-state index contributed by atoms with van der Waals surface area (Å²) in [5, 5.41) is 8.96. The van der Waals surface area contributed by atoms with E-state index in [9.17, 15) is 4.79 Å². The van der Waals surface area contributed by atoms with Crippen molar-refractivity contribution >= 4 is 23.6 Å². The molecule has 0 aliphatic carbocycles. The van der Waals surface area contributed by atoms with Gasteiger partial charge in [-0.25, -0.2) is 4.79 Å². The van der Waals surface area contributed by atoms with Gasteiger partial charge in [0.15, 0.2) is 0 Å². The third-order valence-corrected chi connectivity index (χ3v) is 1.89. The number of aliphatic carboxylic acids is 1. The molecule has 0 amide bonds. The minimum atomic E-state index is -0.975. The Hall–Kier alpha value is -1.28. The van der Waals surface area contributed by atoms with Crippen LogP contribution in [0.15, 0.2) is 24.3 Å². The van der Waals surface area contributed by atoms with Gasteiger partial charge < -0.3 is 5.11 Å². The lowest BCUT2D eigenvalue weighted by atomic mass is 10.1. The number of rotatable bonds is 2. The number of carboxylic acids is 1. The van der Waals surface area contributed by atoms with E-state index >= 15 is 0 Å². The molecule has 0 aliphatic rings. The van der Waals surface area contributed by atoms with Gasteiger partial charge in [0.1, 0.15) is 0 Å². The third kappa shape index (κ3) is 2.92. The van der Waals surface area contributed by atoms with Gasteiger partial charge in [-0.3, -0.25) is 0 Å². The first-order valence-corrected chi connectivity index (χ1v) is 4.14. The van der Waals surface area contributed by atoms with Gasteiger partial charge in [0.05, 0.1) is 0 Å². The second-order valence-electron chi connectivity index (χ2n) is 2.70. The molecule has 0 fully saturated rings. The normalized spacial score (nSPS) is 10.6. The largest absolute Gasteiger partial charge is 0.478 e. The topological polar surface area (TPSA) is 37.3 Å². The molecule has 13 heavy (non-hydrogen) atoms. The Morgan fingerprint density at radius 3 is 2.77 bits per heavy atom. The molecule has 0 aliphatic heterocycles. The number of hydrogen-bond donors (Lipinski definition) is 1. The van der Waals surface area contributed by atoms with Crippen LogP contribution in [0.4, 0.5) is 0 Å². The second kappa shape index (κ2) is 4.10. The Labute approximate surface area is 81.5 Å². The monoisotopic (exact) mass is 196 g/mol. The van der Waals surface area contributed by atoms with E-state index in [1.165, 1.54) is 6.08 Å². The van der Waals surface area contributed by atoms with Gasteiger partial charge in [0.25, 0.3) is 0 Å². The Balaban J connectivity index is 2.96. The van der Waals surface area contributed by atoms with E-state index in [2.05, 4.69) is 0 Å². The maximum Gasteiger partial charge on any atom is 0.328 e. The zero-order valence-electron chi connectivity index (χ0n) is 7.12. The summed E-state index contributed by atoms with van der Waals surface area (Å²) in [7, 11) is 0. The van der Waals surface area contributed by atoms with E-state index in [1.54, 1.807) is 12.1 Å². The molecule has 1 rings (SSSR count). The summed E-state index contributed by atoms with van der Waals surface area (Å²) in [6.45, 7) is 1.93. The number of benzene rings is 1. The summed E-state index contributed by atoms with van der Waals surface area (Å²) in [5.74, 6) is -0.975. The smallest absolute Gasteiger partial charge is 0.328 e. The van der Waals surface area contributed by atoms with Crippen LogP contribution in [-0.4, -0.2) is 11.1 Å². The average molecular weight is 197 g/mol. The van der Waals surface area contributed by atoms with Crippen LogP contribution in [0, 0.1) is 6.92 Å². The Kier molecular flexibility index (Phi) is 3.09. The highest BCUT2D eigenvalue weighted by Gasteiger charge is 1.96. The number of carbonyl (C=O) groups is 1. The van der Waals surface area contributed by atoms with Crippen LogP contribution < -0.4 is 0 Å². The Morgan fingerprint density at radius 2 is 2.23 bits per heavy atom. The predicted molar refractivity (Wildman–Crippen MR) is 52.9 cm³/mol. The highest BCUT2D eigenvalue weighted by atomic mass is 35.5. The molecule has 1 N–H and O–H groups in total. The van der Waals surface area contributed by atoms with Crippen molar-refractivity contribution in [1.82, 2.24) is 0 Å². The van der Waals surface area contributed by atoms with E-state index < -0.39 is 5.97 Å². The van der Waals surface area contributed by atoms with Crippen LogP contribution in [0.2, 0.25) is 5.02 Å². The zero-order chi connectivity index (χ0) is 9.84. The summed E-state index contributed by atoms with van der Waals surface area (Å²) in [5.41, 5.74) is 1.77. The molecule has 0 atom stereocenters. The maximum absolute atomic E-state index is 10.2. The van der Waals surface area contributed by atoms with E-state index in [1.807, 2.05) is 13.0 Å². The lowest BCUT2D eigenvalue weighted by Crippen LogP contribution is -1.86. The van der Waals surface area contributed by atoms with Gasteiger partial charge in [-0.15, -0.1) is 0 Å². The van der Waals surface area contributed by atoms with Crippen molar-refractivity contribution in [3.8, 4) is 0 Å². The van der Waals surface area contributed by atoms with E-state index in [4.69, 9.17) is 16.7 Å². The molecule has 0 unspecified atom stereocenters. The fraction of sp³-hybridized carbons (Fsp3) is 0.100. The van der Waals surface area contributed by atoms with Crippen molar-refractivity contribution in [2.75, 3.05) is 0 Å². The number of halogens is 1. The van der Waals surface area contributed by atoms with Crippen molar-refractivity contribution in [1.29, 1.82) is 0 Å². The lowest BCUT2D eigenvalue weighted by molar-refractivity contribution is -0.131. The molecular formula is C10H9ClO2. The summed E-state index contributed by atoms with van der Waals surface area (Å²) in [4.78, 5) is 10.2. The van der Waals surface area contributed by atoms with Crippen molar-refractivity contribution < 1.29 is 9.90 Å². The number of hydrogen-bond acceptors (Lipinski definition) is 1. The van der Waals surface area contributed by atoms with Crippen LogP contribution in [0.3, 0.4) is 0 Å².